The van der Waals surface area contributed by atoms with Crippen LogP contribution in [0.5, 0.6) is 5.75 Å². The van der Waals surface area contributed by atoms with Crippen LogP contribution in [0.2, 0.25) is 0 Å². The molecule has 1 aromatic rings. The van der Waals surface area contributed by atoms with E-state index in [1.807, 2.05) is 0 Å². The summed E-state index contributed by atoms with van der Waals surface area (Å²) in [7, 11) is 0. The molecule has 16 heavy (non-hydrogen) atoms. The Hall–Kier alpha value is -1.23. The molecule has 0 aliphatic heterocycles. The summed E-state index contributed by atoms with van der Waals surface area (Å²) in [5.41, 5.74) is 7.85. The summed E-state index contributed by atoms with van der Waals surface area (Å²) in [6, 6.07) is 5.07. The first kappa shape index (κ1) is 11.3. The first-order valence-corrected chi connectivity index (χ1v) is 5.01. The summed E-state index contributed by atoms with van der Waals surface area (Å²) >= 11 is 0. The average Bonchev–Trinajstić information content (AvgIpc) is 2.52. The van der Waals surface area contributed by atoms with Crippen LogP contribution in [-0.2, 0) is 12.8 Å². The smallest absolute Gasteiger partial charge is 0.422 e. The van der Waals surface area contributed by atoms with E-state index in [4.69, 9.17) is 5.73 Å². The number of hydrogen-bond donors (Lipinski definition) is 1. The van der Waals surface area contributed by atoms with Gasteiger partial charge < -0.3 is 10.5 Å². The second-order valence-electron chi connectivity index (χ2n) is 4.00. The van der Waals surface area contributed by atoms with Crippen LogP contribution >= 0.6 is 0 Å². The Morgan fingerprint density at radius 3 is 2.62 bits per heavy atom. The minimum absolute atomic E-state index is 0.0767. The number of ether oxygens (including phenoxy) is 1. The summed E-state index contributed by atoms with van der Waals surface area (Å²) < 4.78 is 40.5. The molecule has 0 saturated heterocycles. The Morgan fingerprint density at radius 1 is 1.25 bits per heavy atom. The highest BCUT2D eigenvalue weighted by atomic mass is 19.4. The minimum Gasteiger partial charge on any atom is -0.484 e. The molecule has 88 valence electrons. The second kappa shape index (κ2) is 3.97. The fourth-order valence-corrected chi connectivity index (χ4v) is 1.88. The van der Waals surface area contributed by atoms with Gasteiger partial charge in [-0.1, -0.05) is 6.07 Å². The fourth-order valence-electron chi connectivity index (χ4n) is 1.88. The molecule has 1 aliphatic carbocycles. The van der Waals surface area contributed by atoms with E-state index in [9.17, 15) is 13.2 Å². The van der Waals surface area contributed by atoms with Gasteiger partial charge in [0.25, 0.3) is 0 Å². The minimum atomic E-state index is -4.30. The number of alkyl halides is 3. The summed E-state index contributed by atoms with van der Waals surface area (Å²) in [6.07, 6.45) is -2.80. The molecule has 1 aliphatic rings. The molecule has 2 nitrogen and oxygen atoms in total. The van der Waals surface area contributed by atoms with Gasteiger partial charge in [0.15, 0.2) is 6.61 Å². The summed E-state index contributed by atoms with van der Waals surface area (Å²) in [6.45, 7) is -1.25. The Labute approximate surface area is 91.2 Å². The van der Waals surface area contributed by atoms with Gasteiger partial charge in [0.05, 0.1) is 0 Å². The van der Waals surface area contributed by atoms with Gasteiger partial charge in [0, 0.05) is 6.04 Å². The molecule has 0 fully saturated rings. The van der Waals surface area contributed by atoms with E-state index in [2.05, 4.69) is 4.74 Å². The lowest BCUT2D eigenvalue weighted by atomic mass is 10.1. The third-order valence-electron chi connectivity index (χ3n) is 2.54. The van der Waals surface area contributed by atoms with E-state index in [-0.39, 0.29) is 11.8 Å². The zero-order valence-electron chi connectivity index (χ0n) is 8.55. The average molecular weight is 231 g/mol. The standard InChI is InChI=1S/C11H12F3NO/c12-11(13,14)6-16-10-2-1-7-3-9(15)4-8(7)5-10/h1-2,5,9H,3-4,6,15H2. The molecule has 1 aromatic carbocycles. The summed E-state index contributed by atoms with van der Waals surface area (Å²) in [5, 5.41) is 0. The fraction of sp³-hybridized carbons (Fsp3) is 0.455. The first-order valence-electron chi connectivity index (χ1n) is 5.01. The third-order valence-corrected chi connectivity index (χ3v) is 2.54. The Balaban J connectivity index is 2.05. The van der Waals surface area contributed by atoms with Crippen molar-refractivity contribution in [1.29, 1.82) is 0 Å². The van der Waals surface area contributed by atoms with Crippen LogP contribution in [0.25, 0.3) is 0 Å². The van der Waals surface area contributed by atoms with Crippen molar-refractivity contribution in [3.63, 3.8) is 0 Å². The molecule has 0 bridgehead atoms. The molecule has 0 heterocycles. The monoisotopic (exact) mass is 231 g/mol. The molecular formula is C11H12F3NO. The van der Waals surface area contributed by atoms with Crippen molar-refractivity contribution in [2.24, 2.45) is 5.73 Å². The molecule has 1 unspecified atom stereocenters. The predicted octanol–water partition coefficient (Wildman–Crippen LogP) is 2.05. The number of hydrogen-bond acceptors (Lipinski definition) is 2. The van der Waals surface area contributed by atoms with Gasteiger partial charge in [-0.15, -0.1) is 0 Å². The quantitative estimate of drug-likeness (QED) is 0.845. The number of benzene rings is 1. The van der Waals surface area contributed by atoms with Crippen molar-refractivity contribution in [2.45, 2.75) is 25.1 Å². The molecule has 0 aromatic heterocycles. The van der Waals surface area contributed by atoms with Gasteiger partial charge in [0.1, 0.15) is 5.75 Å². The highest BCUT2D eigenvalue weighted by molar-refractivity contribution is 5.39. The molecule has 0 amide bonds. The number of halogens is 3. The van der Waals surface area contributed by atoms with Crippen LogP contribution in [0.15, 0.2) is 18.2 Å². The zero-order valence-corrected chi connectivity index (χ0v) is 8.55. The maximum atomic E-state index is 11.9. The summed E-state index contributed by atoms with van der Waals surface area (Å²) in [5.74, 6) is 0.255. The van der Waals surface area contributed by atoms with Crippen LogP contribution < -0.4 is 10.5 Å². The second-order valence-corrected chi connectivity index (χ2v) is 4.00. The van der Waals surface area contributed by atoms with Crippen LogP contribution in [0.1, 0.15) is 11.1 Å². The Kier molecular flexibility index (Phi) is 2.80. The van der Waals surface area contributed by atoms with E-state index < -0.39 is 12.8 Å². The topological polar surface area (TPSA) is 35.2 Å². The maximum absolute atomic E-state index is 11.9. The molecule has 2 N–H and O–H groups in total. The van der Waals surface area contributed by atoms with Crippen molar-refractivity contribution in [1.82, 2.24) is 0 Å². The van der Waals surface area contributed by atoms with Crippen molar-refractivity contribution in [2.75, 3.05) is 6.61 Å². The van der Waals surface area contributed by atoms with Gasteiger partial charge in [-0.25, -0.2) is 0 Å². The van der Waals surface area contributed by atoms with Gasteiger partial charge in [-0.3, -0.25) is 0 Å². The zero-order chi connectivity index (χ0) is 11.8. The van der Waals surface area contributed by atoms with Crippen molar-refractivity contribution in [3.05, 3.63) is 29.3 Å². The van der Waals surface area contributed by atoms with Crippen LogP contribution in [0, 0.1) is 0 Å². The largest absolute Gasteiger partial charge is 0.484 e. The SMILES string of the molecule is NC1Cc2ccc(OCC(F)(F)F)cc2C1. The van der Waals surface area contributed by atoms with E-state index in [1.54, 1.807) is 18.2 Å². The highest BCUT2D eigenvalue weighted by Crippen LogP contribution is 2.26. The molecule has 0 spiro atoms. The third kappa shape index (κ3) is 2.66. The first-order chi connectivity index (χ1) is 7.44. The van der Waals surface area contributed by atoms with Gasteiger partial charge in [-0.2, -0.15) is 13.2 Å². The molecule has 5 heteroatoms. The number of rotatable bonds is 2. The van der Waals surface area contributed by atoms with Gasteiger partial charge in [-0.05, 0) is 36.1 Å². The normalized spacial score (nSPS) is 19.6. The van der Waals surface area contributed by atoms with Crippen LogP contribution in [0.4, 0.5) is 13.2 Å². The van der Waals surface area contributed by atoms with E-state index >= 15 is 0 Å². The lowest BCUT2D eigenvalue weighted by Crippen LogP contribution is -2.19. The Bertz CT molecular complexity index is 389. The lowest BCUT2D eigenvalue weighted by molar-refractivity contribution is -0.153. The van der Waals surface area contributed by atoms with E-state index in [0.29, 0.717) is 6.42 Å². The molecule has 1 atom stereocenters. The number of fused-ring (bicyclic) bond motifs is 1. The van der Waals surface area contributed by atoms with Crippen molar-refractivity contribution in [3.8, 4) is 5.75 Å². The number of nitrogens with two attached hydrogens (primary N) is 1. The molecular weight excluding hydrogens is 219 g/mol. The van der Waals surface area contributed by atoms with Gasteiger partial charge in [0.2, 0.25) is 0 Å². The maximum Gasteiger partial charge on any atom is 0.422 e. The summed E-state index contributed by atoms with van der Waals surface area (Å²) in [4.78, 5) is 0. The van der Waals surface area contributed by atoms with Crippen LogP contribution in [-0.4, -0.2) is 18.8 Å². The predicted molar refractivity (Wildman–Crippen MR) is 53.4 cm³/mol. The van der Waals surface area contributed by atoms with Gasteiger partial charge >= 0.3 is 6.18 Å². The molecule has 2 rings (SSSR count). The van der Waals surface area contributed by atoms with Crippen LogP contribution in [0.3, 0.4) is 0 Å². The van der Waals surface area contributed by atoms with Crippen molar-refractivity contribution < 1.29 is 17.9 Å². The lowest BCUT2D eigenvalue weighted by Gasteiger charge is -2.10. The van der Waals surface area contributed by atoms with E-state index in [0.717, 1.165) is 17.5 Å². The Morgan fingerprint density at radius 2 is 1.94 bits per heavy atom. The molecule has 0 saturated carbocycles. The van der Waals surface area contributed by atoms with Crippen molar-refractivity contribution >= 4 is 0 Å². The molecule has 0 radical (unpaired) electrons. The van der Waals surface area contributed by atoms with E-state index in [1.165, 1.54) is 0 Å². The highest BCUT2D eigenvalue weighted by Gasteiger charge is 2.28.